The summed E-state index contributed by atoms with van der Waals surface area (Å²) in [4.78, 5) is 11.8. The Morgan fingerprint density at radius 3 is 2.47 bits per heavy atom. The summed E-state index contributed by atoms with van der Waals surface area (Å²) in [5.41, 5.74) is 3.71. The highest BCUT2D eigenvalue weighted by Gasteiger charge is 2.32. The normalized spacial score (nSPS) is 19.6. The van der Waals surface area contributed by atoms with Crippen molar-refractivity contribution < 1.29 is 18.4 Å². The molecule has 2 aromatic carbocycles. The van der Waals surface area contributed by atoms with Crippen LogP contribution in [-0.4, -0.2) is 30.4 Å². The van der Waals surface area contributed by atoms with Crippen LogP contribution in [0.25, 0.3) is 0 Å². The number of benzene rings is 2. The molecule has 30 heavy (non-hydrogen) atoms. The van der Waals surface area contributed by atoms with Crippen LogP contribution in [0.1, 0.15) is 36.8 Å². The third-order valence-electron chi connectivity index (χ3n) is 5.83. The standard InChI is InChI=1S/C22H27ClN2O4S/c1-16-5-2-3-6-19(16)15-25(30(28,29)21-8-4-7-20(23)13-21)14-17-9-11-18(12-10-17)22(26)24-27/h2-8,13,17-18,27H,9-12,14-15H2,1H3,(H,24,26). The van der Waals surface area contributed by atoms with Crippen molar-refractivity contribution in [2.75, 3.05) is 6.54 Å². The monoisotopic (exact) mass is 450 g/mol. The minimum absolute atomic E-state index is 0.144. The molecule has 2 aromatic rings. The van der Waals surface area contributed by atoms with E-state index in [1.165, 1.54) is 10.4 Å². The molecule has 0 aliphatic heterocycles. The van der Waals surface area contributed by atoms with Gasteiger partial charge >= 0.3 is 0 Å². The smallest absolute Gasteiger partial charge is 0.246 e. The molecular formula is C22H27ClN2O4S. The molecule has 8 heteroatoms. The van der Waals surface area contributed by atoms with Crippen LogP contribution in [-0.2, 0) is 21.4 Å². The lowest BCUT2D eigenvalue weighted by molar-refractivity contribution is -0.134. The van der Waals surface area contributed by atoms with Crippen LogP contribution in [0.5, 0.6) is 0 Å². The van der Waals surface area contributed by atoms with Gasteiger partial charge in [-0.05, 0) is 67.9 Å². The minimum Gasteiger partial charge on any atom is -0.289 e. The van der Waals surface area contributed by atoms with Crippen molar-refractivity contribution in [2.24, 2.45) is 11.8 Å². The summed E-state index contributed by atoms with van der Waals surface area (Å²) >= 11 is 6.05. The van der Waals surface area contributed by atoms with E-state index in [0.29, 0.717) is 24.4 Å². The zero-order valence-electron chi connectivity index (χ0n) is 16.9. The van der Waals surface area contributed by atoms with Crippen LogP contribution in [0.15, 0.2) is 53.4 Å². The number of hydroxylamine groups is 1. The first-order valence-electron chi connectivity index (χ1n) is 10.1. The van der Waals surface area contributed by atoms with E-state index in [9.17, 15) is 13.2 Å². The number of carbonyl (C=O) groups excluding carboxylic acids is 1. The maximum Gasteiger partial charge on any atom is 0.246 e. The zero-order chi connectivity index (χ0) is 21.7. The van der Waals surface area contributed by atoms with Gasteiger partial charge < -0.3 is 0 Å². The van der Waals surface area contributed by atoms with Gasteiger partial charge in [-0.2, -0.15) is 4.31 Å². The van der Waals surface area contributed by atoms with Gasteiger partial charge in [0.25, 0.3) is 0 Å². The fourth-order valence-corrected chi connectivity index (χ4v) is 5.78. The molecule has 0 bridgehead atoms. The Morgan fingerprint density at radius 2 is 1.83 bits per heavy atom. The second-order valence-electron chi connectivity index (χ2n) is 7.88. The number of nitrogens with zero attached hydrogens (tertiary/aromatic N) is 1. The maximum atomic E-state index is 13.5. The Balaban J connectivity index is 1.83. The number of carbonyl (C=O) groups is 1. The van der Waals surface area contributed by atoms with Gasteiger partial charge in [-0.1, -0.05) is 41.9 Å². The first kappa shape index (κ1) is 22.7. The van der Waals surface area contributed by atoms with Gasteiger partial charge in [0, 0.05) is 24.0 Å². The third kappa shape index (κ3) is 5.40. The molecule has 0 unspecified atom stereocenters. The summed E-state index contributed by atoms with van der Waals surface area (Å²) in [7, 11) is -3.74. The number of rotatable bonds is 7. The number of halogens is 1. The van der Waals surface area contributed by atoms with E-state index in [2.05, 4.69) is 0 Å². The van der Waals surface area contributed by atoms with Crippen LogP contribution >= 0.6 is 11.6 Å². The minimum atomic E-state index is -3.74. The van der Waals surface area contributed by atoms with Crippen molar-refractivity contribution in [1.82, 2.24) is 9.79 Å². The molecule has 1 amide bonds. The lowest BCUT2D eigenvalue weighted by Crippen LogP contribution is -2.38. The van der Waals surface area contributed by atoms with E-state index in [-0.39, 0.29) is 29.2 Å². The molecule has 1 aliphatic rings. The van der Waals surface area contributed by atoms with E-state index in [1.807, 2.05) is 31.2 Å². The highest BCUT2D eigenvalue weighted by atomic mass is 35.5. The lowest BCUT2D eigenvalue weighted by atomic mass is 9.81. The fourth-order valence-electron chi connectivity index (χ4n) is 3.99. The van der Waals surface area contributed by atoms with E-state index in [4.69, 9.17) is 16.8 Å². The molecule has 0 atom stereocenters. The number of sulfonamides is 1. The maximum absolute atomic E-state index is 13.5. The van der Waals surface area contributed by atoms with Gasteiger partial charge in [0.1, 0.15) is 0 Å². The Morgan fingerprint density at radius 1 is 1.13 bits per heavy atom. The van der Waals surface area contributed by atoms with E-state index in [1.54, 1.807) is 23.7 Å². The van der Waals surface area contributed by atoms with Crippen molar-refractivity contribution in [3.05, 3.63) is 64.7 Å². The molecule has 1 saturated carbocycles. The number of hydrogen-bond acceptors (Lipinski definition) is 4. The Hall–Kier alpha value is -1.93. The second kappa shape index (κ2) is 9.92. The number of aryl methyl sites for hydroxylation is 1. The van der Waals surface area contributed by atoms with Gasteiger partial charge in [-0.3, -0.25) is 10.0 Å². The molecule has 0 aromatic heterocycles. The van der Waals surface area contributed by atoms with Crippen molar-refractivity contribution in [3.63, 3.8) is 0 Å². The topological polar surface area (TPSA) is 86.7 Å². The van der Waals surface area contributed by atoms with E-state index >= 15 is 0 Å². The Labute approximate surface area is 182 Å². The molecule has 0 heterocycles. The van der Waals surface area contributed by atoms with Crippen LogP contribution in [0.4, 0.5) is 0 Å². The first-order chi connectivity index (χ1) is 14.3. The van der Waals surface area contributed by atoms with Crippen molar-refractivity contribution in [2.45, 2.75) is 44.0 Å². The first-order valence-corrected chi connectivity index (χ1v) is 11.9. The molecular weight excluding hydrogens is 424 g/mol. The number of nitrogens with one attached hydrogen (secondary N) is 1. The molecule has 0 spiro atoms. The average molecular weight is 451 g/mol. The number of amides is 1. The molecule has 0 saturated heterocycles. The van der Waals surface area contributed by atoms with Gasteiger partial charge in [-0.15, -0.1) is 0 Å². The van der Waals surface area contributed by atoms with Gasteiger partial charge in [0.15, 0.2) is 0 Å². The highest BCUT2D eigenvalue weighted by molar-refractivity contribution is 7.89. The van der Waals surface area contributed by atoms with Crippen LogP contribution in [0, 0.1) is 18.8 Å². The molecule has 162 valence electrons. The van der Waals surface area contributed by atoms with Crippen LogP contribution < -0.4 is 5.48 Å². The summed E-state index contributed by atoms with van der Waals surface area (Å²) in [6.07, 6.45) is 2.72. The Kier molecular flexibility index (Phi) is 7.52. The summed E-state index contributed by atoms with van der Waals surface area (Å²) in [5.74, 6) is -0.442. The molecule has 3 rings (SSSR count). The summed E-state index contributed by atoms with van der Waals surface area (Å²) in [6, 6.07) is 14.1. The Bertz CT molecular complexity index is 988. The number of hydrogen-bond donors (Lipinski definition) is 2. The van der Waals surface area contributed by atoms with Gasteiger partial charge in [-0.25, -0.2) is 13.9 Å². The quantitative estimate of drug-likeness (QED) is 0.490. The molecule has 0 radical (unpaired) electrons. The van der Waals surface area contributed by atoms with Crippen molar-refractivity contribution in [1.29, 1.82) is 0 Å². The molecule has 6 nitrogen and oxygen atoms in total. The molecule has 1 aliphatic carbocycles. The van der Waals surface area contributed by atoms with Crippen molar-refractivity contribution >= 4 is 27.5 Å². The van der Waals surface area contributed by atoms with Gasteiger partial charge in [0.2, 0.25) is 15.9 Å². The average Bonchev–Trinajstić information content (AvgIpc) is 2.74. The second-order valence-corrected chi connectivity index (χ2v) is 10.2. The lowest BCUT2D eigenvalue weighted by Gasteiger charge is -2.32. The van der Waals surface area contributed by atoms with Gasteiger partial charge in [0.05, 0.1) is 4.90 Å². The largest absolute Gasteiger partial charge is 0.289 e. The predicted molar refractivity (Wildman–Crippen MR) is 116 cm³/mol. The summed E-state index contributed by atoms with van der Waals surface area (Å²) < 4.78 is 28.5. The zero-order valence-corrected chi connectivity index (χ0v) is 18.5. The van der Waals surface area contributed by atoms with Crippen LogP contribution in [0.3, 0.4) is 0 Å². The molecule has 2 N–H and O–H groups in total. The predicted octanol–water partition coefficient (Wildman–Crippen LogP) is 4.15. The van der Waals surface area contributed by atoms with E-state index in [0.717, 1.165) is 24.0 Å². The third-order valence-corrected chi connectivity index (χ3v) is 7.87. The van der Waals surface area contributed by atoms with Crippen LogP contribution in [0.2, 0.25) is 5.02 Å². The SMILES string of the molecule is Cc1ccccc1CN(CC1CCC(C(=O)NO)CC1)S(=O)(=O)c1cccc(Cl)c1. The van der Waals surface area contributed by atoms with E-state index < -0.39 is 10.0 Å². The summed E-state index contributed by atoms with van der Waals surface area (Å²) in [5, 5.41) is 9.22. The fraction of sp³-hybridized carbons (Fsp3) is 0.409. The van der Waals surface area contributed by atoms with Crippen molar-refractivity contribution in [3.8, 4) is 0 Å². The molecule has 1 fully saturated rings. The summed E-state index contributed by atoms with van der Waals surface area (Å²) in [6.45, 7) is 2.62. The highest BCUT2D eigenvalue weighted by Crippen LogP contribution is 2.32.